The highest BCUT2D eigenvalue weighted by atomic mass is 16.5. The normalized spacial score (nSPS) is 12.1. The van der Waals surface area contributed by atoms with Gasteiger partial charge in [0.2, 0.25) is 0 Å². The fourth-order valence-corrected chi connectivity index (χ4v) is 4.33. The largest absolute Gasteiger partial charge is 0.508 e. The third kappa shape index (κ3) is 10.2. The fraction of sp³-hybridized carbons (Fsp3) is 0.419. The van der Waals surface area contributed by atoms with Crippen molar-refractivity contribution < 1.29 is 25.2 Å². The number of aliphatic hydroxyl groups is 2. The van der Waals surface area contributed by atoms with Crippen LogP contribution in [0.25, 0.3) is 11.1 Å². The molecule has 0 aliphatic heterocycles. The maximum absolute atomic E-state index is 10.3. The molecule has 3 aromatic rings. The standard InChI is InChI=1S/C31H41NO5/c33-23-28-20-27(14-15-30(28)35)31(36)22-32-16-4-1-2-5-17-37-18-6-3-9-24-10-7-11-25(19-24)26-12-8-13-29(34)21-26/h7-8,10-15,19-21,31-36H,1-6,9,16-18,22-23H2/t31-/m0/s1. The molecule has 6 heteroatoms. The summed E-state index contributed by atoms with van der Waals surface area (Å²) < 4.78 is 5.80. The summed E-state index contributed by atoms with van der Waals surface area (Å²) in [7, 11) is 0. The predicted octanol–water partition coefficient (Wildman–Crippen LogP) is 5.48. The van der Waals surface area contributed by atoms with Gasteiger partial charge in [-0.25, -0.2) is 0 Å². The molecule has 37 heavy (non-hydrogen) atoms. The van der Waals surface area contributed by atoms with E-state index in [4.69, 9.17) is 4.74 Å². The lowest BCUT2D eigenvalue weighted by Crippen LogP contribution is -2.22. The Kier molecular flexibility index (Phi) is 12.4. The molecule has 0 spiro atoms. The molecule has 0 aromatic heterocycles. The number of unbranched alkanes of at least 4 members (excludes halogenated alkanes) is 4. The van der Waals surface area contributed by atoms with Crippen LogP contribution in [0.1, 0.15) is 61.3 Å². The topological polar surface area (TPSA) is 102 Å². The molecule has 0 saturated carbocycles. The summed E-state index contributed by atoms with van der Waals surface area (Å²) in [6, 6.07) is 20.7. The number of aryl methyl sites for hydroxylation is 1. The molecule has 1 atom stereocenters. The Morgan fingerprint density at radius 1 is 0.757 bits per heavy atom. The molecule has 200 valence electrons. The Morgan fingerprint density at radius 3 is 2.27 bits per heavy atom. The Labute approximate surface area is 220 Å². The minimum Gasteiger partial charge on any atom is -0.508 e. The van der Waals surface area contributed by atoms with Crippen LogP contribution >= 0.6 is 0 Å². The van der Waals surface area contributed by atoms with Gasteiger partial charge in [-0.3, -0.25) is 0 Å². The van der Waals surface area contributed by atoms with Crippen molar-refractivity contribution in [3.63, 3.8) is 0 Å². The van der Waals surface area contributed by atoms with E-state index in [-0.39, 0.29) is 18.1 Å². The second-order valence-electron chi connectivity index (χ2n) is 9.50. The van der Waals surface area contributed by atoms with Crippen molar-refractivity contribution >= 4 is 0 Å². The fourth-order valence-electron chi connectivity index (χ4n) is 4.33. The summed E-state index contributed by atoms with van der Waals surface area (Å²) in [4.78, 5) is 0. The van der Waals surface area contributed by atoms with Crippen LogP contribution in [0.3, 0.4) is 0 Å². The lowest BCUT2D eigenvalue weighted by atomic mass is 10.0. The maximum atomic E-state index is 10.3. The average molecular weight is 508 g/mol. The Balaban J connectivity index is 1.16. The van der Waals surface area contributed by atoms with E-state index in [0.29, 0.717) is 17.7 Å². The number of ether oxygens (including phenoxy) is 1. The predicted molar refractivity (Wildman–Crippen MR) is 148 cm³/mol. The highest BCUT2D eigenvalue weighted by Gasteiger charge is 2.10. The van der Waals surface area contributed by atoms with Gasteiger partial charge >= 0.3 is 0 Å². The second-order valence-corrected chi connectivity index (χ2v) is 9.50. The van der Waals surface area contributed by atoms with E-state index < -0.39 is 6.10 Å². The molecule has 0 amide bonds. The van der Waals surface area contributed by atoms with E-state index in [0.717, 1.165) is 75.8 Å². The summed E-state index contributed by atoms with van der Waals surface area (Å²) in [5, 5.41) is 42.1. The molecule has 0 unspecified atom stereocenters. The van der Waals surface area contributed by atoms with Gasteiger partial charge in [-0.2, -0.15) is 0 Å². The number of nitrogens with one attached hydrogen (secondary N) is 1. The number of phenols is 2. The molecule has 0 aliphatic rings. The summed E-state index contributed by atoms with van der Waals surface area (Å²) in [5.74, 6) is 0.334. The first kappa shape index (κ1) is 28.7. The molecule has 0 heterocycles. The van der Waals surface area contributed by atoms with Gasteiger partial charge in [0.15, 0.2) is 0 Å². The summed E-state index contributed by atoms with van der Waals surface area (Å²) in [5.41, 5.74) is 4.58. The van der Waals surface area contributed by atoms with Crippen molar-refractivity contribution in [2.75, 3.05) is 26.3 Å². The van der Waals surface area contributed by atoms with Gasteiger partial charge in [-0.05, 0) is 85.2 Å². The zero-order valence-electron chi connectivity index (χ0n) is 21.6. The van der Waals surface area contributed by atoms with Crippen LogP contribution in [0.4, 0.5) is 0 Å². The van der Waals surface area contributed by atoms with Crippen molar-refractivity contribution in [1.82, 2.24) is 5.32 Å². The monoisotopic (exact) mass is 507 g/mol. The van der Waals surface area contributed by atoms with Crippen LogP contribution in [-0.4, -0.2) is 46.7 Å². The van der Waals surface area contributed by atoms with Crippen LogP contribution in [0.15, 0.2) is 66.7 Å². The summed E-state index contributed by atoms with van der Waals surface area (Å²) >= 11 is 0. The zero-order chi connectivity index (χ0) is 26.3. The number of benzene rings is 3. The van der Waals surface area contributed by atoms with Crippen molar-refractivity contribution in [1.29, 1.82) is 0 Å². The van der Waals surface area contributed by atoms with Gasteiger partial charge in [-0.15, -0.1) is 0 Å². The number of aromatic hydroxyl groups is 2. The Hall–Kier alpha value is -2.90. The van der Waals surface area contributed by atoms with Gasteiger partial charge in [-0.1, -0.05) is 55.3 Å². The Bertz CT molecular complexity index is 1070. The molecule has 0 fully saturated rings. The number of aliphatic hydroxyl groups excluding tert-OH is 2. The molecule has 3 rings (SSSR count). The van der Waals surface area contributed by atoms with Gasteiger partial charge in [0.25, 0.3) is 0 Å². The van der Waals surface area contributed by atoms with Gasteiger partial charge in [0, 0.05) is 25.3 Å². The van der Waals surface area contributed by atoms with Crippen molar-refractivity contribution in [3.05, 3.63) is 83.4 Å². The molecular formula is C31H41NO5. The van der Waals surface area contributed by atoms with Gasteiger partial charge < -0.3 is 30.5 Å². The quantitative estimate of drug-likeness (QED) is 0.155. The minimum absolute atomic E-state index is 0.0448. The van der Waals surface area contributed by atoms with E-state index >= 15 is 0 Å². The number of hydrogen-bond acceptors (Lipinski definition) is 6. The van der Waals surface area contributed by atoms with Crippen LogP contribution in [-0.2, 0) is 17.8 Å². The Morgan fingerprint density at radius 2 is 1.49 bits per heavy atom. The smallest absolute Gasteiger partial charge is 0.121 e. The van der Waals surface area contributed by atoms with Gasteiger partial charge in [0.1, 0.15) is 11.5 Å². The van der Waals surface area contributed by atoms with Crippen molar-refractivity contribution in [2.24, 2.45) is 0 Å². The first-order chi connectivity index (χ1) is 18.1. The van der Waals surface area contributed by atoms with Crippen LogP contribution in [0.2, 0.25) is 0 Å². The van der Waals surface area contributed by atoms with E-state index in [1.165, 1.54) is 11.6 Å². The first-order valence-electron chi connectivity index (χ1n) is 13.3. The third-order valence-electron chi connectivity index (χ3n) is 6.50. The first-order valence-corrected chi connectivity index (χ1v) is 13.3. The van der Waals surface area contributed by atoms with E-state index in [9.17, 15) is 20.4 Å². The number of hydrogen-bond donors (Lipinski definition) is 5. The summed E-state index contributed by atoms with van der Waals surface area (Å²) in [6.45, 7) is 2.63. The maximum Gasteiger partial charge on any atom is 0.121 e. The van der Waals surface area contributed by atoms with Crippen LogP contribution < -0.4 is 5.32 Å². The molecular weight excluding hydrogens is 466 g/mol. The zero-order valence-corrected chi connectivity index (χ0v) is 21.6. The van der Waals surface area contributed by atoms with E-state index in [1.54, 1.807) is 24.3 Å². The van der Waals surface area contributed by atoms with E-state index in [1.807, 2.05) is 12.1 Å². The van der Waals surface area contributed by atoms with Crippen molar-refractivity contribution in [2.45, 2.75) is 57.7 Å². The number of rotatable bonds is 17. The highest BCUT2D eigenvalue weighted by molar-refractivity contribution is 5.65. The molecule has 3 aromatic carbocycles. The molecule has 0 aliphatic carbocycles. The summed E-state index contributed by atoms with van der Waals surface area (Å²) in [6.07, 6.45) is 6.85. The SMILES string of the molecule is OCc1cc([C@@H](O)CNCCCCCCOCCCCc2cccc(-c3cccc(O)c3)c2)ccc1O. The van der Waals surface area contributed by atoms with E-state index in [2.05, 4.69) is 29.6 Å². The lowest BCUT2D eigenvalue weighted by molar-refractivity contribution is 0.126. The second kappa shape index (κ2) is 16.0. The van der Waals surface area contributed by atoms with Crippen LogP contribution in [0.5, 0.6) is 11.5 Å². The molecule has 6 nitrogen and oxygen atoms in total. The third-order valence-corrected chi connectivity index (χ3v) is 6.50. The molecule has 5 N–H and O–H groups in total. The highest BCUT2D eigenvalue weighted by Crippen LogP contribution is 2.25. The van der Waals surface area contributed by atoms with Crippen molar-refractivity contribution in [3.8, 4) is 22.6 Å². The molecule has 0 bridgehead atoms. The van der Waals surface area contributed by atoms with Crippen LogP contribution in [0, 0.1) is 0 Å². The average Bonchev–Trinajstić information content (AvgIpc) is 2.91. The van der Waals surface area contributed by atoms with Gasteiger partial charge in [0.05, 0.1) is 12.7 Å². The molecule has 0 saturated heterocycles. The minimum atomic E-state index is -0.665. The lowest BCUT2D eigenvalue weighted by Gasteiger charge is -2.14. The molecule has 0 radical (unpaired) electrons. The number of phenolic OH excluding ortho intramolecular Hbond substituents is 1.